The Morgan fingerprint density at radius 3 is 2.75 bits per heavy atom. The van der Waals surface area contributed by atoms with E-state index in [1.165, 1.54) is 0 Å². The molecule has 1 aliphatic rings. The van der Waals surface area contributed by atoms with Crippen molar-refractivity contribution in [2.45, 2.75) is 0 Å². The lowest BCUT2D eigenvalue weighted by atomic mass is 10.0. The van der Waals surface area contributed by atoms with E-state index in [4.69, 9.17) is 0 Å². The molecule has 1 aromatic carbocycles. The Hall–Kier alpha value is -3.06. The van der Waals surface area contributed by atoms with E-state index in [1.54, 1.807) is 18.5 Å². The molecule has 1 aliphatic heterocycles. The van der Waals surface area contributed by atoms with Crippen LogP contribution in [0.2, 0.25) is 0 Å². The molecule has 1 N–H and O–H groups in total. The van der Waals surface area contributed by atoms with Gasteiger partial charge in [0.25, 0.3) is 11.1 Å². The molecule has 1 saturated heterocycles. The van der Waals surface area contributed by atoms with E-state index in [0.717, 1.165) is 39.5 Å². The number of aromatic nitrogens is 3. The summed E-state index contributed by atoms with van der Waals surface area (Å²) < 4.78 is 0. The van der Waals surface area contributed by atoms with Gasteiger partial charge in [-0.05, 0) is 53.7 Å². The van der Waals surface area contributed by atoms with Crippen molar-refractivity contribution in [1.82, 2.24) is 20.5 Å². The van der Waals surface area contributed by atoms with E-state index < -0.39 is 0 Å². The highest BCUT2D eigenvalue weighted by atomic mass is 32.2. The van der Waals surface area contributed by atoms with E-state index >= 15 is 0 Å². The summed E-state index contributed by atoms with van der Waals surface area (Å²) in [6, 6.07) is 11.2. The Balaban J connectivity index is 1.85. The van der Waals surface area contributed by atoms with Gasteiger partial charge in [-0.2, -0.15) is 10.2 Å². The number of hydrogen-bond donors (Lipinski definition) is 1. The molecule has 24 heavy (non-hydrogen) atoms. The summed E-state index contributed by atoms with van der Waals surface area (Å²) in [4.78, 5) is 27.7. The molecule has 3 aromatic rings. The number of rotatable bonds is 2. The van der Waals surface area contributed by atoms with Crippen LogP contribution in [0, 0.1) is 0 Å². The number of nitrogens with zero attached hydrogens (tertiary/aromatic N) is 3. The number of nitrogens with one attached hydrogen (secondary N) is 1. The number of amides is 2. The van der Waals surface area contributed by atoms with Crippen molar-refractivity contribution in [1.29, 1.82) is 0 Å². The zero-order valence-electron chi connectivity index (χ0n) is 12.3. The first-order valence-electron chi connectivity index (χ1n) is 7.12. The third-order valence-electron chi connectivity index (χ3n) is 3.55. The molecule has 2 amide bonds. The summed E-state index contributed by atoms with van der Waals surface area (Å²) in [5, 5.41) is 10.9. The molecule has 0 radical (unpaired) electrons. The van der Waals surface area contributed by atoms with E-state index in [0.29, 0.717) is 4.91 Å². The molecule has 0 unspecified atom stereocenters. The molecule has 3 heterocycles. The number of benzene rings is 1. The zero-order chi connectivity index (χ0) is 16.5. The van der Waals surface area contributed by atoms with Crippen LogP contribution >= 0.6 is 11.8 Å². The van der Waals surface area contributed by atoms with Gasteiger partial charge in [0.1, 0.15) is 0 Å². The highest BCUT2D eigenvalue weighted by molar-refractivity contribution is 8.18. The molecule has 1 fully saturated rings. The number of fused-ring (bicyclic) bond motifs is 1. The van der Waals surface area contributed by atoms with Crippen molar-refractivity contribution in [3.63, 3.8) is 0 Å². The van der Waals surface area contributed by atoms with Crippen LogP contribution in [0.15, 0.2) is 53.7 Å². The van der Waals surface area contributed by atoms with Crippen molar-refractivity contribution in [3.8, 4) is 11.3 Å². The van der Waals surface area contributed by atoms with E-state index in [1.807, 2.05) is 36.4 Å². The van der Waals surface area contributed by atoms with Crippen LogP contribution in [0.25, 0.3) is 28.2 Å². The minimum Gasteiger partial charge on any atom is -0.282 e. The number of thioether (sulfide) groups is 1. The quantitative estimate of drug-likeness (QED) is 0.725. The first-order valence-corrected chi connectivity index (χ1v) is 7.94. The molecule has 0 saturated carbocycles. The average Bonchev–Trinajstić information content (AvgIpc) is 2.92. The number of hydrogen-bond acceptors (Lipinski definition) is 6. The monoisotopic (exact) mass is 334 g/mol. The van der Waals surface area contributed by atoms with Gasteiger partial charge in [-0.15, -0.1) is 0 Å². The molecule has 0 bridgehead atoms. The van der Waals surface area contributed by atoms with Crippen molar-refractivity contribution in [2.24, 2.45) is 0 Å². The molecule has 4 rings (SSSR count). The highest BCUT2D eigenvalue weighted by Crippen LogP contribution is 2.29. The SMILES string of the molecule is O=C1NC(=O)C(=Cc2ccc3nccc(-c4cccnn4)c3c2)S1. The number of imide groups is 1. The lowest BCUT2D eigenvalue weighted by Crippen LogP contribution is -2.17. The smallest absolute Gasteiger partial charge is 0.282 e. The third kappa shape index (κ3) is 2.65. The molecular formula is C17H10N4O2S. The Labute approximate surface area is 141 Å². The Morgan fingerprint density at radius 1 is 1.08 bits per heavy atom. The Kier molecular flexibility index (Phi) is 3.55. The first kappa shape index (κ1) is 14.5. The zero-order valence-corrected chi connectivity index (χ0v) is 13.1. The van der Waals surface area contributed by atoms with Gasteiger partial charge in [-0.3, -0.25) is 19.9 Å². The maximum absolute atomic E-state index is 11.7. The lowest BCUT2D eigenvalue weighted by molar-refractivity contribution is -0.115. The Bertz CT molecular complexity index is 1000. The van der Waals surface area contributed by atoms with E-state index in [-0.39, 0.29) is 11.1 Å². The Morgan fingerprint density at radius 2 is 2.00 bits per heavy atom. The molecule has 116 valence electrons. The number of pyridine rings is 1. The molecule has 0 atom stereocenters. The van der Waals surface area contributed by atoms with Crippen LogP contribution < -0.4 is 5.32 Å². The van der Waals surface area contributed by atoms with Crippen molar-refractivity contribution in [3.05, 3.63) is 59.3 Å². The van der Waals surface area contributed by atoms with Crippen LogP contribution in [0.5, 0.6) is 0 Å². The van der Waals surface area contributed by atoms with Crippen LogP contribution in [0.3, 0.4) is 0 Å². The summed E-state index contributed by atoms with van der Waals surface area (Å²) in [6.07, 6.45) is 5.04. The van der Waals surface area contributed by atoms with Gasteiger partial charge >= 0.3 is 0 Å². The number of carbonyl (C=O) groups excluding carboxylic acids is 2. The van der Waals surface area contributed by atoms with Crippen molar-refractivity contribution >= 4 is 39.9 Å². The first-order chi connectivity index (χ1) is 11.7. The summed E-state index contributed by atoms with van der Waals surface area (Å²) >= 11 is 0.898. The fourth-order valence-electron chi connectivity index (χ4n) is 2.49. The van der Waals surface area contributed by atoms with Crippen LogP contribution in [-0.4, -0.2) is 26.3 Å². The van der Waals surface area contributed by atoms with Crippen molar-refractivity contribution < 1.29 is 9.59 Å². The van der Waals surface area contributed by atoms with Gasteiger partial charge in [-0.1, -0.05) is 6.07 Å². The predicted octanol–water partition coefficient (Wildman–Crippen LogP) is 3.02. The minimum atomic E-state index is -0.370. The minimum absolute atomic E-state index is 0.353. The third-order valence-corrected chi connectivity index (χ3v) is 4.36. The largest absolute Gasteiger partial charge is 0.290 e. The standard InChI is InChI=1S/C17H10N4O2S/c22-16-15(24-17(23)20-16)9-10-3-4-13-12(8-10)11(5-7-18-13)14-2-1-6-19-21-14/h1-9H,(H,20,22,23). The van der Waals surface area contributed by atoms with Crippen LogP contribution in [0.1, 0.15) is 5.56 Å². The molecule has 6 nitrogen and oxygen atoms in total. The molecular weight excluding hydrogens is 324 g/mol. The second-order valence-corrected chi connectivity index (χ2v) is 6.11. The maximum Gasteiger partial charge on any atom is 0.290 e. The summed E-state index contributed by atoms with van der Waals surface area (Å²) in [6.45, 7) is 0. The highest BCUT2D eigenvalue weighted by Gasteiger charge is 2.24. The fraction of sp³-hybridized carbons (Fsp3) is 0. The van der Waals surface area contributed by atoms with Crippen molar-refractivity contribution in [2.75, 3.05) is 0 Å². The van der Waals surface area contributed by atoms with Gasteiger partial charge in [0.15, 0.2) is 0 Å². The van der Waals surface area contributed by atoms with Crippen LogP contribution in [0.4, 0.5) is 4.79 Å². The fourth-order valence-corrected chi connectivity index (χ4v) is 3.18. The van der Waals surface area contributed by atoms with Gasteiger partial charge in [0, 0.05) is 23.3 Å². The van der Waals surface area contributed by atoms with E-state index in [9.17, 15) is 9.59 Å². The molecule has 0 aliphatic carbocycles. The number of carbonyl (C=O) groups is 2. The maximum atomic E-state index is 11.7. The van der Waals surface area contributed by atoms with Gasteiger partial charge in [0.05, 0.1) is 16.1 Å². The van der Waals surface area contributed by atoms with Gasteiger partial charge < -0.3 is 0 Å². The normalized spacial score (nSPS) is 15.9. The molecule has 0 spiro atoms. The second-order valence-electron chi connectivity index (χ2n) is 5.10. The van der Waals surface area contributed by atoms with E-state index in [2.05, 4.69) is 20.5 Å². The predicted molar refractivity (Wildman–Crippen MR) is 91.9 cm³/mol. The lowest BCUT2D eigenvalue weighted by Gasteiger charge is -2.06. The average molecular weight is 334 g/mol. The van der Waals surface area contributed by atoms with Crippen LogP contribution in [-0.2, 0) is 4.79 Å². The second kappa shape index (κ2) is 5.86. The molecule has 7 heteroatoms. The van der Waals surface area contributed by atoms with Gasteiger partial charge in [-0.25, -0.2) is 0 Å². The summed E-state index contributed by atoms with van der Waals surface area (Å²) in [5.41, 5.74) is 3.29. The summed E-state index contributed by atoms with van der Waals surface area (Å²) in [7, 11) is 0. The van der Waals surface area contributed by atoms with Gasteiger partial charge in [0.2, 0.25) is 0 Å². The summed E-state index contributed by atoms with van der Waals surface area (Å²) in [5.74, 6) is -0.370. The topological polar surface area (TPSA) is 84.8 Å². The molecule has 2 aromatic heterocycles.